The van der Waals surface area contributed by atoms with Crippen LogP contribution in [0, 0.1) is 0 Å². The SMILES string of the molecule is CC(C)(C)NCC(Cn1ccnc1)Oc1ccc(Cl)cc1.Cl.Cl. The van der Waals surface area contributed by atoms with Crippen LogP contribution in [-0.2, 0) is 6.54 Å². The first-order chi connectivity index (χ1) is 9.92. The molecule has 0 fully saturated rings. The van der Waals surface area contributed by atoms with Crippen molar-refractivity contribution in [2.24, 2.45) is 0 Å². The largest absolute Gasteiger partial charge is 0.487 e. The van der Waals surface area contributed by atoms with Gasteiger partial charge in [-0.05, 0) is 45.0 Å². The minimum atomic E-state index is 0. The van der Waals surface area contributed by atoms with E-state index in [-0.39, 0.29) is 36.5 Å². The molecular formula is C16H24Cl3N3O. The zero-order chi connectivity index (χ0) is 15.3. The van der Waals surface area contributed by atoms with Crippen LogP contribution in [-0.4, -0.2) is 27.7 Å². The lowest BCUT2D eigenvalue weighted by atomic mass is 10.1. The Balaban J connectivity index is 0.00000242. The third kappa shape index (κ3) is 8.47. The van der Waals surface area contributed by atoms with Crippen molar-refractivity contribution >= 4 is 36.4 Å². The second kappa shape index (κ2) is 10.0. The molecule has 1 atom stereocenters. The number of aromatic nitrogens is 2. The van der Waals surface area contributed by atoms with Crippen molar-refractivity contribution in [2.75, 3.05) is 6.54 Å². The summed E-state index contributed by atoms with van der Waals surface area (Å²) in [5.74, 6) is 0.820. The van der Waals surface area contributed by atoms with Crippen molar-refractivity contribution < 1.29 is 4.74 Å². The van der Waals surface area contributed by atoms with Crippen molar-refractivity contribution in [1.82, 2.24) is 14.9 Å². The van der Waals surface area contributed by atoms with E-state index in [9.17, 15) is 0 Å². The average molecular weight is 381 g/mol. The van der Waals surface area contributed by atoms with E-state index in [0.717, 1.165) is 18.8 Å². The molecule has 0 aliphatic rings. The summed E-state index contributed by atoms with van der Waals surface area (Å²) in [6.45, 7) is 7.92. The van der Waals surface area contributed by atoms with Crippen molar-refractivity contribution in [1.29, 1.82) is 0 Å². The van der Waals surface area contributed by atoms with Crippen LogP contribution in [0.5, 0.6) is 5.75 Å². The van der Waals surface area contributed by atoms with Gasteiger partial charge in [0.05, 0.1) is 12.9 Å². The Morgan fingerprint density at radius 3 is 2.39 bits per heavy atom. The molecule has 1 unspecified atom stereocenters. The van der Waals surface area contributed by atoms with Crippen molar-refractivity contribution in [2.45, 2.75) is 39.0 Å². The van der Waals surface area contributed by atoms with Gasteiger partial charge in [0.15, 0.2) is 0 Å². The summed E-state index contributed by atoms with van der Waals surface area (Å²) in [5.41, 5.74) is 0.0521. The minimum absolute atomic E-state index is 0. The molecule has 0 saturated heterocycles. The summed E-state index contributed by atoms with van der Waals surface area (Å²) in [4.78, 5) is 4.07. The van der Waals surface area contributed by atoms with Crippen LogP contribution < -0.4 is 10.1 Å². The Hall–Kier alpha value is -0.940. The molecule has 0 bridgehead atoms. The highest BCUT2D eigenvalue weighted by Gasteiger charge is 2.16. The maximum Gasteiger partial charge on any atom is 0.129 e. The van der Waals surface area contributed by atoms with E-state index >= 15 is 0 Å². The van der Waals surface area contributed by atoms with Crippen molar-refractivity contribution in [3.8, 4) is 5.75 Å². The highest BCUT2D eigenvalue weighted by Crippen LogP contribution is 2.17. The fourth-order valence-corrected chi connectivity index (χ4v) is 2.02. The van der Waals surface area contributed by atoms with Crippen molar-refractivity contribution in [3.63, 3.8) is 0 Å². The smallest absolute Gasteiger partial charge is 0.129 e. The van der Waals surface area contributed by atoms with Gasteiger partial charge in [0, 0.05) is 29.5 Å². The molecule has 1 aromatic carbocycles. The lowest BCUT2D eigenvalue weighted by Gasteiger charge is -2.26. The third-order valence-electron chi connectivity index (χ3n) is 2.95. The first-order valence-electron chi connectivity index (χ1n) is 7.05. The predicted molar refractivity (Wildman–Crippen MR) is 100 cm³/mol. The van der Waals surface area contributed by atoms with Crippen LogP contribution in [0.2, 0.25) is 5.02 Å². The van der Waals surface area contributed by atoms with Crippen LogP contribution in [0.15, 0.2) is 43.0 Å². The maximum absolute atomic E-state index is 6.07. The average Bonchev–Trinajstić information content (AvgIpc) is 2.91. The van der Waals surface area contributed by atoms with Gasteiger partial charge < -0.3 is 14.6 Å². The number of hydrogen-bond acceptors (Lipinski definition) is 3. The van der Waals surface area contributed by atoms with E-state index in [1.165, 1.54) is 0 Å². The predicted octanol–water partition coefficient (Wildman–Crippen LogP) is 4.22. The summed E-state index contributed by atoms with van der Waals surface area (Å²) in [6.07, 6.45) is 5.53. The molecule has 23 heavy (non-hydrogen) atoms. The number of rotatable bonds is 6. The molecule has 0 spiro atoms. The number of ether oxygens (including phenoxy) is 1. The normalized spacial score (nSPS) is 12.0. The molecule has 2 aromatic rings. The highest BCUT2D eigenvalue weighted by molar-refractivity contribution is 6.30. The van der Waals surface area contributed by atoms with Crippen LogP contribution in [0.1, 0.15) is 20.8 Å². The molecule has 1 aromatic heterocycles. The lowest BCUT2D eigenvalue weighted by molar-refractivity contribution is 0.166. The van der Waals surface area contributed by atoms with Crippen LogP contribution >= 0.6 is 36.4 Å². The maximum atomic E-state index is 6.07. The quantitative estimate of drug-likeness (QED) is 0.815. The molecule has 0 amide bonds. The van der Waals surface area contributed by atoms with Gasteiger partial charge in [-0.3, -0.25) is 0 Å². The first-order valence-corrected chi connectivity index (χ1v) is 7.43. The number of nitrogens with zero attached hydrogens (tertiary/aromatic N) is 2. The number of nitrogens with one attached hydrogen (secondary N) is 1. The standard InChI is InChI=1S/C16H22ClN3O.2ClH/c1-16(2,3)19-10-15(11-20-9-8-18-12-20)21-14-6-4-13(17)5-7-14;;/h4-9,12,15,19H,10-11H2,1-3H3;2*1H. The Bertz CT molecular complexity index is 539. The van der Waals surface area contributed by atoms with E-state index in [2.05, 4.69) is 31.1 Å². The number of halogens is 3. The second-order valence-corrected chi connectivity index (χ2v) is 6.52. The number of imidazole rings is 1. The molecule has 2 rings (SSSR count). The molecule has 0 saturated carbocycles. The molecule has 4 nitrogen and oxygen atoms in total. The Kier molecular flexibility index (Phi) is 9.63. The second-order valence-electron chi connectivity index (χ2n) is 6.08. The van der Waals surface area contributed by atoms with Crippen LogP contribution in [0.3, 0.4) is 0 Å². The molecule has 130 valence electrons. The molecule has 1 N–H and O–H groups in total. The van der Waals surface area contributed by atoms with Gasteiger partial charge in [-0.1, -0.05) is 11.6 Å². The van der Waals surface area contributed by atoms with Crippen LogP contribution in [0.25, 0.3) is 0 Å². The Morgan fingerprint density at radius 2 is 1.87 bits per heavy atom. The molecule has 1 heterocycles. The summed E-state index contributed by atoms with van der Waals surface area (Å²) in [6, 6.07) is 7.45. The van der Waals surface area contributed by atoms with E-state index in [0.29, 0.717) is 5.02 Å². The fraction of sp³-hybridized carbons (Fsp3) is 0.438. The summed E-state index contributed by atoms with van der Waals surface area (Å²) in [5, 5.41) is 4.19. The monoisotopic (exact) mass is 379 g/mol. The Labute approximate surface area is 155 Å². The van der Waals surface area contributed by atoms with Gasteiger partial charge in [0.2, 0.25) is 0 Å². The van der Waals surface area contributed by atoms with E-state index in [4.69, 9.17) is 16.3 Å². The zero-order valence-electron chi connectivity index (χ0n) is 13.5. The van der Waals surface area contributed by atoms with Gasteiger partial charge in [-0.15, -0.1) is 24.8 Å². The molecule has 0 radical (unpaired) electrons. The Morgan fingerprint density at radius 1 is 1.22 bits per heavy atom. The van der Waals surface area contributed by atoms with Gasteiger partial charge in [-0.25, -0.2) is 4.98 Å². The topological polar surface area (TPSA) is 39.1 Å². The molecule has 0 aliphatic carbocycles. The fourth-order valence-electron chi connectivity index (χ4n) is 1.90. The van der Waals surface area contributed by atoms with E-state index < -0.39 is 0 Å². The van der Waals surface area contributed by atoms with Gasteiger partial charge in [0.25, 0.3) is 0 Å². The van der Waals surface area contributed by atoms with Gasteiger partial charge >= 0.3 is 0 Å². The van der Waals surface area contributed by atoms with E-state index in [1.807, 2.05) is 35.0 Å². The van der Waals surface area contributed by atoms with Crippen LogP contribution in [0.4, 0.5) is 0 Å². The molecular weight excluding hydrogens is 357 g/mol. The number of benzene rings is 1. The molecule has 7 heteroatoms. The summed E-state index contributed by atoms with van der Waals surface area (Å²) >= 11 is 5.90. The zero-order valence-corrected chi connectivity index (χ0v) is 15.9. The number of hydrogen-bond donors (Lipinski definition) is 1. The summed E-state index contributed by atoms with van der Waals surface area (Å²) < 4.78 is 8.09. The highest BCUT2D eigenvalue weighted by atomic mass is 35.5. The van der Waals surface area contributed by atoms with E-state index in [1.54, 1.807) is 12.5 Å². The first kappa shape index (κ1) is 22.1. The van der Waals surface area contributed by atoms with Gasteiger partial charge in [-0.2, -0.15) is 0 Å². The third-order valence-corrected chi connectivity index (χ3v) is 3.20. The van der Waals surface area contributed by atoms with Crippen molar-refractivity contribution in [3.05, 3.63) is 48.0 Å². The summed E-state index contributed by atoms with van der Waals surface area (Å²) in [7, 11) is 0. The minimum Gasteiger partial charge on any atom is -0.487 e. The lowest BCUT2D eigenvalue weighted by Crippen LogP contribution is -2.44. The van der Waals surface area contributed by atoms with Gasteiger partial charge in [0.1, 0.15) is 11.9 Å². The molecule has 0 aliphatic heterocycles.